The molecule has 0 spiro atoms. The van der Waals surface area contributed by atoms with E-state index < -0.39 is 0 Å². The van der Waals surface area contributed by atoms with Gasteiger partial charge in [0.1, 0.15) is 0 Å². The number of rotatable bonds is 28. The van der Waals surface area contributed by atoms with Crippen LogP contribution in [0.2, 0.25) is 0 Å². The maximum absolute atomic E-state index is 3.68. The predicted molar refractivity (Wildman–Crippen MR) is 186 cm³/mol. The second kappa shape index (κ2) is 28.8. The summed E-state index contributed by atoms with van der Waals surface area (Å²) < 4.78 is 0. The Labute approximate surface area is 258 Å². The lowest BCUT2D eigenvalue weighted by Gasteiger charge is -2.50. The molecule has 1 heterocycles. The van der Waals surface area contributed by atoms with Crippen LogP contribution in [-0.4, -0.2) is 12.6 Å². The van der Waals surface area contributed by atoms with Crippen molar-refractivity contribution in [1.29, 1.82) is 0 Å². The summed E-state index contributed by atoms with van der Waals surface area (Å²) in [7, 11) is 0. The summed E-state index contributed by atoms with van der Waals surface area (Å²) in [5, 5.41) is 3.68. The quantitative estimate of drug-likeness (QED) is 0.0565. The molecule has 2 unspecified atom stereocenters. The number of unbranched alkanes of at least 4 members (excludes halogenated alkanes) is 18. The summed E-state index contributed by atoms with van der Waals surface area (Å²) in [5.41, 5.74) is 0.606. The topological polar surface area (TPSA) is 12.0 Å². The highest BCUT2D eigenvalue weighted by Crippen LogP contribution is 2.40. The standard InChI is InChI=1S/C40H71N/c1-4-6-8-10-12-14-16-18-20-22-24-26-28-30-32-34-36-40(38-41-39(40)3)37-35-33-31-29-27-25-23-21-19-17-15-13-11-9-7-5-2/h12-15,18,20,39,41H,4-11,16-17,22-38H2,1-3H3/b14-12-,15-13-,20-18-. The predicted octanol–water partition coefficient (Wildman–Crippen LogP) is 12.8. The molecule has 0 bridgehead atoms. The van der Waals surface area contributed by atoms with Gasteiger partial charge in [0.25, 0.3) is 0 Å². The fraction of sp³-hybridized carbons (Fsp3) is 0.800. The zero-order chi connectivity index (χ0) is 29.5. The Kier molecular flexibility index (Phi) is 26.6. The molecular weight excluding hydrogens is 494 g/mol. The molecule has 0 aromatic carbocycles. The van der Waals surface area contributed by atoms with E-state index >= 15 is 0 Å². The van der Waals surface area contributed by atoms with E-state index in [-0.39, 0.29) is 0 Å². The Morgan fingerprint density at radius 3 is 1.56 bits per heavy atom. The number of hydrogen-bond donors (Lipinski definition) is 1. The van der Waals surface area contributed by atoms with Gasteiger partial charge in [0.15, 0.2) is 0 Å². The zero-order valence-corrected chi connectivity index (χ0v) is 28.1. The van der Waals surface area contributed by atoms with Crippen LogP contribution in [0.4, 0.5) is 0 Å². The largest absolute Gasteiger partial charge is 0.313 e. The van der Waals surface area contributed by atoms with Gasteiger partial charge >= 0.3 is 0 Å². The molecule has 1 heteroatoms. The molecule has 1 aliphatic heterocycles. The molecule has 236 valence electrons. The molecule has 1 N–H and O–H groups in total. The monoisotopic (exact) mass is 566 g/mol. The third kappa shape index (κ3) is 22.0. The van der Waals surface area contributed by atoms with Gasteiger partial charge in [-0.1, -0.05) is 146 Å². The van der Waals surface area contributed by atoms with Gasteiger partial charge in [0.2, 0.25) is 0 Å². The lowest BCUT2D eigenvalue weighted by Crippen LogP contribution is -2.60. The average Bonchev–Trinajstić information content (AvgIpc) is 2.98. The fourth-order valence-corrected chi connectivity index (χ4v) is 6.13. The first-order valence-corrected chi connectivity index (χ1v) is 18.4. The SMILES string of the molecule is CCCCC/C=C\CC#CCCCCCCCCC1(CCCCCCCC/C=C\C/C=C\CCCCC)CNC1C. The smallest absolute Gasteiger partial charge is 0.0269 e. The van der Waals surface area contributed by atoms with Crippen LogP contribution >= 0.6 is 0 Å². The summed E-state index contributed by atoms with van der Waals surface area (Å²) in [6.45, 7) is 8.23. The van der Waals surface area contributed by atoms with Crippen molar-refractivity contribution in [3.8, 4) is 11.8 Å². The molecule has 0 amide bonds. The van der Waals surface area contributed by atoms with Gasteiger partial charge in [-0.05, 0) is 76.5 Å². The second-order valence-electron chi connectivity index (χ2n) is 12.9. The van der Waals surface area contributed by atoms with E-state index in [1.165, 1.54) is 154 Å². The molecule has 1 saturated heterocycles. The van der Waals surface area contributed by atoms with Gasteiger partial charge in [-0.25, -0.2) is 0 Å². The molecule has 0 saturated carbocycles. The van der Waals surface area contributed by atoms with Gasteiger partial charge in [0, 0.05) is 25.4 Å². The molecule has 1 nitrogen and oxygen atoms in total. The molecule has 1 rings (SSSR count). The van der Waals surface area contributed by atoms with Crippen molar-refractivity contribution in [2.75, 3.05) is 6.54 Å². The molecule has 0 radical (unpaired) electrons. The molecule has 0 aromatic heterocycles. The molecule has 2 atom stereocenters. The highest BCUT2D eigenvalue weighted by molar-refractivity contribution is 5.04. The minimum atomic E-state index is 0.606. The number of hydrogen-bond acceptors (Lipinski definition) is 1. The summed E-state index contributed by atoms with van der Waals surface area (Å²) in [6, 6.07) is 0.727. The Bertz CT molecular complexity index is 704. The Morgan fingerprint density at radius 2 is 1.05 bits per heavy atom. The molecule has 1 aliphatic rings. The van der Waals surface area contributed by atoms with Crippen molar-refractivity contribution in [3.05, 3.63) is 36.5 Å². The van der Waals surface area contributed by atoms with E-state index in [2.05, 4.69) is 74.4 Å². The van der Waals surface area contributed by atoms with Crippen LogP contribution in [0.25, 0.3) is 0 Å². The van der Waals surface area contributed by atoms with Crippen LogP contribution in [0, 0.1) is 17.3 Å². The molecule has 41 heavy (non-hydrogen) atoms. The fourth-order valence-electron chi connectivity index (χ4n) is 6.13. The Balaban J connectivity index is 1.94. The highest BCUT2D eigenvalue weighted by Gasteiger charge is 2.42. The first kappa shape index (κ1) is 37.8. The molecule has 0 aliphatic carbocycles. The summed E-state index contributed by atoms with van der Waals surface area (Å²) in [5.74, 6) is 6.70. The van der Waals surface area contributed by atoms with Crippen molar-refractivity contribution in [3.63, 3.8) is 0 Å². The Morgan fingerprint density at radius 1 is 0.561 bits per heavy atom. The van der Waals surface area contributed by atoms with Crippen molar-refractivity contribution < 1.29 is 0 Å². The van der Waals surface area contributed by atoms with E-state index in [9.17, 15) is 0 Å². The second-order valence-corrected chi connectivity index (χ2v) is 12.9. The first-order valence-electron chi connectivity index (χ1n) is 18.4. The van der Waals surface area contributed by atoms with Crippen molar-refractivity contribution >= 4 is 0 Å². The lowest BCUT2D eigenvalue weighted by molar-refractivity contribution is 0.0647. The van der Waals surface area contributed by atoms with Crippen LogP contribution in [0.1, 0.15) is 188 Å². The normalized spacial score (nSPS) is 18.9. The van der Waals surface area contributed by atoms with Crippen LogP contribution in [-0.2, 0) is 0 Å². The Hall–Kier alpha value is -1.26. The van der Waals surface area contributed by atoms with Crippen molar-refractivity contribution in [1.82, 2.24) is 5.32 Å². The summed E-state index contributed by atoms with van der Waals surface area (Å²) in [4.78, 5) is 0. The van der Waals surface area contributed by atoms with Crippen LogP contribution < -0.4 is 5.32 Å². The van der Waals surface area contributed by atoms with Gasteiger partial charge < -0.3 is 5.32 Å². The summed E-state index contributed by atoms with van der Waals surface area (Å²) in [6.07, 6.45) is 48.6. The third-order valence-electron chi connectivity index (χ3n) is 9.27. The van der Waals surface area contributed by atoms with E-state index in [0.29, 0.717) is 5.41 Å². The maximum atomic E-state index is 3.68. The van der Waals surface area contributed by atoms with Gasteiger partial charge in [-0.15, -0.1) is 5.92 Å². The number of nitrogens with one attached hydrogen (secondary N) is 1. The van der Waals surface area contributed by atoms with E-state index in [1.807, 2.05) is 0 Å². The van der Waals surface area contributed by atoms with Crippen LogP contribution in [0.15, 0.2) is 36.5 Å². The molecule has 1 fully saturated rings. The van der Waals surface area contributed by atoms with Crippen LogP contribution in [0.3, 0.4) is 0 Å². The van der Waals surface area contributed by atoms with Gasteiger partial charge in [-0.3, -0.25) is 0 Å². The van der Waals surface area contributed by atoms with E-state index in [1.54, 1.807) is 0 Å². The van der Waals surface area contributed by atoms with Gasteiger partial charge in [0.05, 0.1) is 0 Å². The summed E-state index contributed by atoms with van der Waals surface area (Å²) >= 11 is 0. The molecular formula is C40H71N. The minimum absolute atomic E-state index is 0.606. The first-order chi connectivity index (χ1) is 20.2. The third-order valence-corrected chi connectivity index (χ3v) is 9.27. The van der Waals surface area contributed by atoms with Crippen molar-refractivity contribution in [2.24, 2.45) is 5.41 Å². The van der Waals surface area contributed by atoms with Gasteiger partial charge in [-0.2, -0.15) is 0 Å². The van der Waals surface area contributed by atoms with E-state index in [0.717, 1.165) is 25.3 Å². The number of allylic oxidation sites excluding steroid dienone is 6. The van der Waals surface area contributed by atoms with E-state index in [4.69, 9.17) is 0 Å². The minimum Gasteiger partial charge on any atom is -0.313 e. The van der Waals surface area contributed by atoms with Crippen LogP contribution in [0.5, 0.6) is 0 Å². The van der Waals surface area contributed by atoms with Crippen molar-refractivity contribution in [2.45, 2.75) is 194 Å². The maximum Gasteiger partial charge on any atom is 0.0269 e. The zero-order valence-electron chi connectivity index (χ0n) is 28.1. The highest BCUT2D eigenvalue weighted by atomic mass is 15.0. The molecule has 0 aromatic rings. The lowest BCUT2D eigenvalue weighted by atomic mass is 9.67. The average molecular weight is 566 g/mol.